The second-order valence-electron chi connectivity index (χ2n) is 4.16. The molecule has 15 heavy (non-hydrogen) atoms. The van der Waals surface area contributed by atoms with Crippen molar-refractivity contribution in [2.45, 2.75) is 26.4 Å². The van der Waals surface area contributed by atoms with E-state index in [9.17, 15) is 0 Å². The highest BCUT2D eigenvalue weighted by Gasteiger charge is 2.24. The first-order chi connectivity index (χ1) is 7.33. The molecule has 0 bridgehead atoms. The Morgan fingerprint density at radius 2 is 2.27 bits per heavy atom. The Bertz CT molecular complexity index is 306. The van der Waals surface area contributed by atoms with E-state index in [0.29, 0.717) is 0 Å². The first kappa shape index (κ1) is 10.4. The maximum absolute atomic E-state index is 8.93. The lowest BCUT2D eigenvalue weighted by atomic mass is 10.3. The van der Waals surface area contributed by atoms with Crippen LogP contribution in [0, 0.1) is 5.92 Å². The number of pyridine rings is 1. The van der Waals surface area contributed by atoms with E-state index in [1.54, 1.807) is 6.20 Å². The molecular weight excluding hydrogens is 188 g/mol. The van der Waals surface area contributed by atoms with Gasteiger partial charge in [-0.15, -0.1) is 0 Å². The lowest BCUT2D eigenvalue weighted by Crippen LogP contribution is -2.26. The van der Waals surface area contributed by atoms with Crippen molar-refractivity contribution in [3.05, 3.63) is 23.9 Å². The van der Waals surface area contributed by atoms with Gasteiger partial charge in [-0.3, -0.25) is 0 Å². The number of aliphatic hydroxyl groups excluding tert-OH is 1. The van der Waals surface area contributed by atoms with E-state index < -0.39 is 0 Å². The summed E-state index contributed by atoms with van der Waals surface area (Å²) in [7, 11) is 0. The second-order valence-corrected chi connectivity index (χ2v) is 4.16. The van der Waals surface area contributed by atoms with E-state index >= 15 is 0 Å². The number of hydrogen-bond donors (Lipinski definition) is 1. The summed E-state index contributed by atoms with van der Waals surface area (Å²) >= 11 is 0. The molecule has 0 saturated heterocycles. The molecule has 0 aliphatic heterocycles. The van der Waals surface area contributed by atoms with Crippen LogP contribution >= 0.6 is 0 Å². The molecule has 1 heterocycles. The van der Waals surface area contributed by atoms with Crippen LogP contribution in [-0.2, 0) is 6.61 Å². The molecule has 0 amide bonds. The fourth-order valence-corrected chi connectivity index (χ4v) is 1.69. The zero-order valence-electron chi connectivity index (χ0n) is 9.19. The number of rotatable bonds is 5. The highest BCUT2D eigenvalue weighted by molar-refractivity contribution is 5.39. The van der Waals surface area contributed by atoms with Gasteiger partial charge in [0.15, 0.2) is 0 Å². The van der Waals surface area contributed by atoms with Crippen LogP contribution < -0.4 is 4.90 Å². The average Bonchev–Trinajstić information content (AvgIpc) is 3.10. The monoisotopic (exact) mass is 206 g/mol. The third-order valence-electron chi connectivity index (χ3n) is 2.87. The Hall–Kier alpha value is -1.09. The van der Waals surface area contributed by atoms with E-state index in [-0.39, 0.29) is 6.61 Å². The summed E-state index contributed by atoms with van der Waals surface area (Å²) in [5, 5.41) is 8.93. The molecule has 1 aliphatic carbocycles. The largest absolute Gasteiger partial charge is 0.392 e. The zero-order valence-corrected chi connectivity index (χ0v) is 9.19. The molecule has 0 radical (unpaired) electrons. The fourth-order valence-electron chi connectivity index (χ4n) is 1.69. The van der Waals surface area contributed by atoms with Crippen LogP contribution in [0.2, 0.25) is 0 Å². The van der Waals surface area contributed by atoms with E-state index in [4.69, 9.17) is 5.11 Å². The quantitative estimate of drug-likeness (QED) is 0.798. The fraction of sp³-hybridized carbons (Fsp3) is 0.583. The summed E-state index contributed by atoms with van der Waals surface area (Å²) in [4.78, 5) is 6.67. The summed E-state index contributed by atoms with van der Waals surface area (Å²) in [5.74, 6) is 1.91. The molecule has 1 aromatic rings. The molecule has 3 nitrogen and oxygen atoms in total. The van der Waals surface area contributed by atoms with Gasteiger partial charge in [0.1, 0.15) is 5.82 Å². The highest BCUT2D eigenvalue weighted by Crippen LogP contribution is 2.30. The Balaban J connectivity index is 2.03. The average molecular weight is 206 g/mol. The molecule has 1 aromatic heterocycles. The van der Waals surface area contributed by atoms with Crippen molar-refractivity contribution < 1.29 is 5.11 Å². The van der Waals surface area contributed by atoms with Crippen molar-refractivity contribution in [3.8, 4) is 0 Å². The number of aliphatic hydroxyl groups is 1. The lowest BCUT2D eigenvalue weighted by molar-refractivity contribution is 0.281. The normalized spacial score (nSPS) is 15.3. The van der Waals surface area contributed by atoms with Crippen molar-refractivity contribution >= 4 is 5.82 Å². The van der Waals surface area contributed by atoms with E-state index in [1.165, 1.54) is 12.8 Å². The van der Waals surface area contributed by atoms with Crippen LogP contribution in [0.3, 0.4) is 0 Å². The molecule has 0 aromatic carbocycles. The van der Waals surface area contributed by atoms with Crippen molar-refractivity contribution in [1.29, 1.82) is 0 Å². The number of anilines is 1. The van der Waals surface area contributed by atoms with Crippen LogP contribution in [0.5, 0.6) is 0 Å². The number of nitrogens with zero attached hydrogens (tertiary/aromatic N) is 2. The molecular formula is C12H18N2O. The van der Waals surface area contributed by atoms with Gasteiger partial charge in [-0.05, 0) is 37.3 Å². The van der Waals surface area contributed by atoms with Crippen LogP contribution in [0.4, 0.5) is 5.82 Å². The van der Waals surface area contributed by atoms with Crippen molar-refractivity contribution in [2.75, 3.05) is 18.0 Å². The van der Waals surface area contributed by atoms with Gasteiger partial charge in [0.2, 0.25) is 0 Å². The van der Waals surface area contributed by atoms with Gasteiger partial charge >= 0.3 is 0 Å². The molecule has 82 valence electrons. The van der Waals surface area contributed by atoms with Gasteiger partial charge in [0.25, 0.3) is 0 Å². The number of hydrogen-bond acceptors (Lipinski definition) is 3. The minimum atomic E-state index is 0.0715. The van der Waals surface area contributed by atoms with Crippen LogP contribution in [0.25, 0.3) is 0 Å². The van der Waals surface area contributed by atoms with E-state index in [2.05, 4.69) is 16.8 Å². The third-order valence-corrected chi connectivity index (χ3v) is 2.87. The third kappa shape index (κ3) is 2.69. The lowest BCUT2D eigenvalue weighted by Gasteiger charge is -2.21. The minimum absolute atomic E-state index is 0.0715. The Labute approximate surface area is 90.8 Å². The SMILES string of the molecule is CCN(CC1CC1)c1ccc(CO)cn1. The zero-order chi connectivity index (χ0) is 10.7. The molecule has 1 saturated carbocycles. The summed E-state index contributed by atoms with van der Waals surface area (Å²) in [6.07, 6.45) is 4.49. The predicted molar refractivity (Wildman–Crippen MR) is 60.8 cm³/mol. The standard InChI is InChI=1S/C12H18N2O/c1-2-14(8-10-3-4-10)12-6-5-11(9-15)7-13-12/h5-7,10,15H,2-4,8-9H2,1H3. The maximum atomic E-state index is 8.93. The topological polar surface area (TPSA) is 36.4 Å². The maximum Gasteiger partial charge on any atom is 0.128 e. The first-order valence-electron chi connectivity index (χ1n) is 5.64. The Morgan fingerprint density at radius 3 is 2.73 bits per heavy atom. The van der Waals surface area contributed by atoms with Crippen LogP contribution in [0.15, 0.2) is 18.3 Å². The summed E-state index contributed by atoms with van der Waals surface area (Å²) in [6.45, 7) is 4.36. The van der Waals surface area contributed by atoms with E-state index in [0.717, 1.165) is 30.4 Å². The molecule has 1 aliphatic rings. The molecule has 0 spiro atoms. The summed E-state index contributed by atoms with van der Waals surface area (Å²) in [6, 6.07) is 3.94. The van der Waals surface area contributed by atoms with Gasteiger partial charge in [0, 0.05) is 19.3 Å². The number of aromatic nitrogens is 1. The molecule has 3 heteroatoms. The van der Waals surface area contributed by atoms with Gasteiger partial charge in [-0.1, -0.05) is 6.07 Å². The molecule has 2 rings (SSSR count). The van der Waals surface area contributed by atoms with Gasteiger partial charge in [0.05, 0.1) is 6.61 Å². The van der Waals surface area contributed by atoms with Crippen molar-refractivity contribution in [3.63, 3.8) is 0 Å². The van der Waals surface area contributed by atoms with Gasteiger partial charge < -0.3 is 10.0 Å². The molecule has 0 atom stereocenters. The molecule has 0 unspecified atom stereocenters. The van der Waals surface area contributed by atoms with Gasteiger partial charge in [-0.25, -0.2) is 4.98 Å². The first-order valence-corrected chi connectivity index (χ1v) is 5.64. The van der Waals surface area contributed by atoms with Crippen LogP contribution in [0.1, 0.15) is 25.3 Å². The molecule has 1 fully saturated rings. The van der Waals surface area contributed by atoms with Crippen LogP contribution in [-0.4, -0.2) is 23.2 Å². The second kappa shape index (κ2) is 4.62. The Morgan fingerprint density at radius 1 is 1.47 bits per heavy atom. The molecule has 1 N–H and O–H groups in total. The van der Waals surface area contributed by atoms with Crippen molar-refractivity contribution in [2.24, 2.45) is 5.92 Å². The summed E-state index contributed by atoms with van der Waals surface area (Å²) < 4.78 is 0. The smallest absolute Gasteiger partial charge is 0.128 e. The predicted octanol–water partition coefficient (Wildman–Crippen LogP) is 1.81. The Kier molecular flexibility index (Phi) is 3.21. The van der Waals surface area contributed by atoms with E-state index in [1.807, 2.05) is 12.1 Å². The van der Waals surface area contributed by atoms with Crippen molar-refractivity contribution in [1.82, 2.24) is 4.98 Å². The highest BCUT2D eigenvalue weighted by atomic mass is 16.3. The van der Waals surface area contributed by atoms with Gasteiger partial charge in [-0.2, -0.15) is 0 Å². The summed E-state index contributed by atoms with van der Waals surface area (Å²) in [5.41, 5.74) is 0.876. The minimum Gasteiger partial charge on any atom is -0.392 e.